The third-order valence-corrected chi connectivity index (χ3v) is 6.00. The fourth-order valence-corrected chi connectivity index (χ4v) is 2.88. The lowest BCUT2D eigenvalue weighted by Gasteiger charge is -2.19. The number of carbonyl (C=O) groups excluding carboxylic acids is 1. The van der Waals surface area contributed by atoms with Gasteiger partial charge in [0.05, 0.1) is 10.7 Å². The van der Waals surface area contributed by atoms with Gasteiger partial charge in [-0.2, -0.15) is 0 Å². The molecule has 1 rings (SSSR count). The maximum Gasteiger partial charge on any atom is 0.307 e. The first-order valence-corrected chi connectivity index (χ1v) is 8.69. The van der Waals surface area contributed by atoms with E-state index in [1.54, 1.807) is 24.3 Å². The van der Waals surface area contributed by atoms with E-state index in [1.807, 2.05) is 6.07 Å². The maximum absolute atomic E-state index is 12.0. The first-order valence-electron chi connectivity index (χ1n) is 7.03. The normalized spacial score (nSPS) is 13.6. The average molecular weight is 326 g/mol. The van der Waals surface area contributed by atoms with Gasteiger partial charge in [0.15, 0.2) is 9.84 Å². The number of benzene rings is 1. The second-order valence-corrected chi connectivity index (χ2v) is 9.08. The van der Waals surface area contributed by atoms with Crippen molar-refractivity contribution in [3.63, 3.8) is 0 Å². The summed E-state index contributed by atoms with van der Waals surface area (Å²) in [6.45, 7) is 4.57. The Balaban J connectivity index is 2.76. The zero-order chi connectivity index (χ0) is 17.0. The summed E-state index contributed by atoms with van der Waals surface area (Å²) < 4.78 is 23.0. The molecule has 0 aliphatic rings. The van der Waals surface area contributed by atoms with Gasteiger partial charge in [0.25, 0.3) is 0 Å². The van der Waals surface area contributed by atoms with E-state index in [-0.39, 0.29) is 12.8 Å². The molecule has 6 heteroatoms. The van der Waals surface area contributed by atoms with Crippen LogP contribution in [0.2, 0.25) is 0 Å². The van der Waals surface area contributed by atoms with Crippen LogP contribution in [0, 0.1) is 5.92 Å². The largest absolute Gasteiger partial charge is 0.481 e. The third kappa shape index (κ3) is 5.26. The van der Waals surface area contributed by atoms with Crippen LogP contribution < -0.4 is 0 Å². The SMILES string of the molecule is CC(C)(C)S(=O)(=O)CC(=O)C[C@@H](Cc1ccccc1)C(=O)O. The molecule has 0 bridgehead atoms. The lowest BCUT2D eigenvalue weighted by Crippen LogP contribution is -2.34. The molecule has 0 radical (unpaired) electrons. The van der Waals surface area contributed by atoms with Gasteiger partial charge in [0, 0.05) is 6.42 Å². The summed E-state index contributed by atoms with van der Waals surface area (Å²) in [5.74, 6) is -3.18. The highest BCUT2D eigenvalue weighted by atomic mass is 32.2. The monoisotopic (exact) mass is 326 g/mol. The lowest BCUT2D eigenvalue weighted by molar-refractivity contribution is -0.143. The van der Waals surface area contributed by atoms with E-state index in [2.05, 4.69) is 0 Å². The van der Waals surface area contributed by atoms with Crippen molar-refractivity contribution in [1.82, 2.24) is 0 Å². The van der Waals surface area contributed by atoms with Crippen molar-refractivity contribution in [2.24, 2.45) is 5.92 Å². The van der Waals surface area contributed by atoms with E-state index in [0.29, 0.717) is 0 Å². The minimum Gasteiger partial charge on any atom is -0.481 e. The zero-order valence-corrected chi connectivity index (χ0v) is 13.9. The molecular formula is C16H22O5S. The van der Waals surface area contributed by atoms with Gasteiger partial charge in [0.2, 0.25) is 0 Å². The molecule has 0 spiro atoms. The molecule has 1 aromatic rings. The molecule has 1 aromatic carbocycles. The van der Waals surface area contributed by atoms with E-state index in [9.17, 15) is 23.1 Å². The van der Waals surface area contributed by atoms with Crippen LogP contribution in [0.1, 0.15) is 32.8 Å². The highest BCUT2D eigenvalue weighted by Crippen LogP contribution is 2.19. The van der Waals surface area contributed by atoms with Crippen molar-refractivity contribution in [2.45, 2.75) is 38.4 Å². The second-order valence-electron chi connectivity index (χ2n) is 6.34. The zero-order valence-electron chi connectivity index (χ0n) is 13.1. The molecule has 0 amide bonds. The minimum absolute atomic E-state index is 0.206. The Labute approximate surface area is 131 Å². The molecule has 0 aromatic heterocycles. The number of aliphatic carboxylic acids is 1. The third-order valence-electron chi connectivity index (χ3n) is 3.43. The van der Waals surface area contributed by atoms with Gasteiger partial charge >= 0.3 is 5.97 Å². The molecular weight excluding hydrogens is 304 g/mol. The maximum atomic E-state index is 12.0. The smallest absolute Gasteiger partial charge is 0.307 e. The van der Waals surface area contributed by atoms with Gasteiger partial charge < -0.3 is 5.11 Å². The van der Waals surface area contributed by atoms with Crippen LogP contribution in [0.25, 0.3) is 0 Å². The van der Waals surface area contributed by atoms with Crippen molar-refractivity contribution in [3.05, 3.63) is 35.9 Å². The van der Waals surface area contributed by atoms with Gasteiger partial charge in [0.1, 0.15) is 11.5 Å². The standard InChI is InChI=1S/C16H22O5S/c1-16(2,3)22(20,21)11-14(17)10-13(15(18)19)9-12-7-5-4-6-8-12/h4-8,13H,9-11H2,1-3H3,(H,18,19)/t13-/m1/s1. The Morgan fingerprint density at radius 2 is 1.68 bits per heavy atom. The van der Waals surface area contributed by atoms with Crippen LogP contribution in [-0.2, 0) is 25.8 Å². The summed E-state index contributed by atoms with van der Waals surface area (Å²) in [4.78, 5) is 23.3. The van der Waals surface area contributed by atoms with Crippen LogP contribution in [0.4, 0.5) is 0 Å². The van der Waals surface area contributed by atoms with Crippen molar-refractivity contribution in [1.29, 1.82) is 0 Å². The number of ketones is 1. The van der Waals surface area contributed by atoms with Crippen LogP contribution in [0.15, 0.2) is 30.3 Å². The van der Waals surface area contributed by atoms with Gasteiger partial charge in [-0.25, -0.2) is 8.42 Å². The Hall–Kier alpha value is -1.69. The van der Waals surface area contributed by atoms with Crippen LogP contribution in [0.5, 0.6) is 0 Å². The fourth-order valence-electron chi connectivity index (χ4n) is 1.91. The number of hydrogen-bond donors (Lipinski definition) is 1. The van der Waals surface area contributed by atoms with Crippen molar-refractivity contribution in [3.8, 4) is 0 Å². The van der Waals surface area contributed by atoms with Crippen molar-refractivity contribution in [2.75, 3.05) is 5.75 Å². The van der Waals surface area contributed by atoms with E-state index in [1.165, 1.54) is 20.8 Å². The molecule has 22 heavy (non-hydrogen) atoms. The van der Waals surface area contributed by atoms with E-state index in [4.69, 9.17) is 0 Å². The number of hydrogen-bond acceptors (Lipinski definition) is 4. The van der Waals surface area contributed by atoms with Crippen molar-refractivity contribution >= 4 is 21.6 Å². The number of carbonyl (C=O) groups is 2. The van der Waals surface area contributed by atoms with Gasteiger partial charge in [-0.15, -0.1) is 0 Å². The highest BCUT2D eigenvalue weighted by molar-refractivity contribution is 7.93. The predicted octanol–water partition coefficient (Wildman–Crippen LogP) is 2.10. The average Bonchev–Trinajstić information content (AvgIpc) is 2.37. The first-order chi connectivity index (χ1) is 10.0. The number of rotatable bonds is 7. The summed E-state index contributed by atoms with van der Waals surface area (Å²) in [6, 6.07) is 8.97. The molecule has 0 aliphatic carbocycles. The molecule has 0 heterocycles. The van der Waals surface area contributed by atoms with Crippen molar-refractivity contribution < 1.29 is 23.1 Å². The summed E-state index contributed by atoms with van der Waals surface area (Å²) in [5, 5.41) is 9.24. The van der Waals surface area contributed by atoms with E-state index in [0.717, 1.165) is 5.56 Å². The number of carboxylic acid groups (broad SMARTS) is 1. The minimum atomic E-state index is -3.58. The van der Waals surface area contributed by atoms with Gasteiger partial charge in [-0.3, -0.25) is 9.59 Å². The second kappa shape index (κ2) is 7.05. The Morgan fingerprint density at radius 1 is 1.14 bits per heavy atom. The molecule has 1 atom stereocenters. The molecule has 0 saturated heterocycles. The molecule has 1 N–H and O–H groups in total. The van der Waals surface area contributed by atoms with Crippen LogP contribution in [-0.4, -0.2) is 35.8 Å². The Kier molecular flexibility index (Phi) is 5.88. The molecule has 122 valence electrons. The molecule has 0 unspecified atom stereocenters. The fraction of sp³-hybridized carbons (Fsp3) is 0.500. The topological polar surface area (TPSA) is 88.5 Å². The van der Waals surface area contributed by atoms with Gasteiger partial charge in [-0.1, -0.05) is 30.3 Å². The predicted molar refractivity (Wildman–Crippen MR) is 84.4 cm³/mol. The van der Waals surface area contributed by atoms with E-state index < -0.39 is 38.0 Å². The number of Topliss-reactive ketones (excluding diaryl/α,β-unsaturated/α-hetero) is 1. The van der Waals surface area contributed by atoms with Gasteiger partial charge in [-0.05, 0) is 32.8 Å². The summed E-state index contributed by atoms with van der Waals surface area (Å²) in [7, 11) is -3.58. The lowest BCUT2D eigenvalue weighted by atomic mass is 9.95. The molecule has 0 saturated carbocycles. The summed E-state index contributed by atoms with van der Waals surface area (Å²) in [5.41, 5.74) is 0.807. The Morgan fingerprint density at radius 3 is 2.14 bits per heavy atom. The summed E-state index contributed by atoms with van der Waals surface area (Å²) >= 11 is 0. The quantitative estimate of drug-likeness (QED) is 0.829. The van der Waals surface area contributed by atoms with Crippen LogP contribution in [0.3, 0.4) is 0 Å². The van der Waals surface area contributed by atoms with Crippen LogP contribution >= 0.6 is 0 Å². The molecule has 0 aliphatic heterocycles. The Bertz CT molecular complexity index is 626. The molecule has 5 nitrogen and oxygen atoms in total. The first kappa shape index (κ1) is 18.4. The highest BCUT2D eigenvalue weighted by Gasteiger charge is 2.32. The number of carboxylic acids is 1. The van der Waals surface area contributed by atoms with E-state index >= 15 is 0 Å². The summed E-state index contributed by atoms with van der Waals surface area (Å²) in [6.07, 6.45) is -0.0724. The molecule has 0 fully saturated rings. The number of sulfone groups is 1.